The van der Waals surface area contributed by atoms with Crippen molar-refractivity contribution in [2.45, 2.75) is 6.42 Å². The Morgan fingerprint density at radius 3 is 2.21 bits per heavy atom. The van der Waals surface area contributed by atoms with E-state index in [-0.39, 0.29) is 0 Å². The number of carbonyl (C=O) groups is 1. The molecule has 1 rings (SSSR count). The molecule has 0 aliphatic carbocycles. The summed E-state index contributed by atoms with van der Waals surface area (Å²) in [5, 5.41) is 8.24. The minimum Gasteiger partial charge on any atom is -0.481 e. The highest BCUT2D eigenvalue weighted by molar-refractivity contribution is 5.70. The number of aliphatic carboxylic acids is 1. The van der Waals surface area contributed by atoms with Gasteiger partial charge in [-0.05, 0) is 6.07 Å². The Balaban J connectivity index is 3.25. The topological polar surface area (TPSA) is 37.3 Å². The molecule has 0 saturated carbocycles. The number of hydrogen-bond donors (Lipinski definition) is 1. The van der Waals surface area contributed by atoms with E-state index in [1.165, 1.54) is 0 Å². The van der Waals surface area contributed by atoms with Crippen molar-refractivity contribution < 1.29 is 27.5 Å². The van der Waals surface area contributed by atoms with Crippen LogP contribution in [0.5, 0.6) is 0 Å². The van der Waals surface area contributed by atoms with Crippen LogP contribution in [0.1, 0.15) is 5.56 Å². The molecule has 14 heavy (non-hydrogen) atoms. The van der Waals surface area contributed by atoms with E-state index in [9.17, 15) is 22.4 Å². The molecular weight excluding hydrogens is 204 g/mol. The molecule has 0 aliphatic rings. The number of carboxylic acid groups (broad SMARTS) is 1. The smallest absolute Gasteiger partial charge is 0.307 e. The van der Waals surface area contributed by atoms with Crippen molar-refractivity contribution in [1.82, 2.24) is 0 Å². The standard InChI is InChI=1S/C8H4F4O2/c9-4-1-3(2-5(13)14)6(10)8(12)7(4)11/h1H,2H2,(H,13,14). The lowest BCUT2D eigenvalue weighted by Gasteiger charge is -2.02. The van der Waals surface area contributed by atoms with Crippen LogP contribution in [0.3, 0.4) is 0 Å². The minimum atomic E-state index is -2.00. The lowest BCUT2D eigenvalue weighted by atomic mass is 10.1. The molecule has 0 atom stereocenters. The van der Waals surface area contributed by atoms with Crippen molar-refractivity contribution in [3.05, 3.63) is 34.9 Å². The lowest BCUT2D eigenvalue weighted by Crippen LogP contribution is -2.07. The highest BCUT2D eigenvalue weighted by Crippen LogP contribution is 2.18. The summed E-state index contributed by atoms with van der Waals surface area (Å²) in [6.07, 6.45) is -0.903. The van der Waals surface area contributed by atoms with Crippen LogP contribution in [-0.4, -0.2) is 11.1 Å². The van der Waals surface area contributed by atoms with E-state index in [4.69, 9.17) is 5.11 Å². The third-order valence-corrected chi connectivity index (χ3v) is 1.52. The Labute approximate surface area is 75.8 Å². The molecule has 0 heterocycles. The fourth-order valence-electron chi connectivity index (χ4n) is 0.913. The fourth-order valence-corrected chi connectivity index (χ4v) is 0.913. The molecule has 76 valence electrons. The van der Waals surface area contributed by atoms with E-state index >= 15 is 0 Å². The number of carboxylic acids is 1. The third kappa shape index (κ3) is 1.84. The first kappa shape index (κ1) is 10.5. The molecule has 0 amide bonds. The highest BCUT2D eigenvalue weighted by Gasteiger charge is 2.19. The summed E-state index contributed by atoms with van der Waals surface area (Å²) in [6, 6.07) is 0.321. The molecule has 0 unspecified atom stereocenters. The van der Waals surface area contributed by atoms with E-state index < -0.39 is 41.2 Å². The third-order valence-electron chi connectivity index (χ3n) is 1.52. The normalized spacial score (nSPS) is 10.3. The molecule has 0 fully saturated rings. The van der Waals surface area contributed by atoms with Crippen molar-refractivity contribution in [2.75, 3.05) is 0 Å². The van der Waals surface area contributed by atoms with Crippen LogP contribution in [0.2, 0.25) is 0 Å². The number of rotatable bonds is 2. The molecule has 0 spiro atoms. The van der Waals surface area contributed by atoms with E-state index in [1.54, 1.807) is 0 Å². The van der Waals surface area contributed by atoms with Gasteiger partial charge >= 0.3 is 5.97 Å². The monoisotopic (exact) mass is 208 g/mol. The minimum absolute atomic E-state index is 0.321. The first-order valence-electron chi connectivity index (χ1n) is 3.47. The predicted molar refractivity (Wildman–Crippen MR) is 37.6 cm³/mol. The second-order valence-electron chi connectivity index (χ2n) is 2.53. The van der Waals surface area contributed by atoms with Crippen molar-refractivity contribution >= 4 is 5.97 Å². The zero-order valence-corrected chi connectivity index (χ0v) is 6.65. The fraction of sp³-hybridized carbons (Fsp3) is 0.125. The summed E-state index contributed by atoms with van der Waals surface area (Å²) >= 11 is 0. The van der Waals surface area contributed by atoms with Gasteiger partial charge in [-0.25, -0.2) is 17.6 Å². The number of halogens is 4. The zero-order chi connectivity index (χ0) is 10.9. The molecule has 0 saturated heterocycles. The van der Waals surface area contributed by atoms with Crippen molar-refractivity contribution in [3.8, 4) is 0 Å². The summed E-state index contributed by atoms with van der Waals surface area (Å²) in [5.74, 6) is -8.70. The zero-order valence-electron chi connectivity index (χ0n) is 6.65. The van der Waals surface area contributed by atoms with Crippen LogP contribution < -0.4 is 0 Å². The van der Waals surface area contributed by atoms with E-state index in [0.717, 1.165) is 0 Å². The Kier molecular flexibility index (Phi) is 2.73. The second kappa shape index (κ2) is 3.65. The molecular formula is C8H4F4O2. The molecule has 0 aromatic heterocycles. The van der Waals surface area contributed by atoms with Gasteiger partial charge in [-0.15, -0.1) is 0 Å². The lowest BCUT2D eigenvalue weighted by molar-refractivity contribution is -0.136. The van der Waals surface area contributed by atoms with Crippen LogP contribution in [0, 0.1) is 23.3 Å². The molecule has 1 aromatic carbocycles. The van der Waals surface area contributed by atoms with Crippen molar-refractivity contribution in [2.24, 2.45) is 0 Å². The van der Waals surface area contributed by atoms with Gasteiger partial charge in [0.2, 0.25) is 0 Å². The largest absolute Gasteiger partial charge is 0.481 e. The maximum absolute atomic E-state index is 12.8. The van der Waals surface area contributed by atoms with Gasteiger partial charge in [0.1, 0.15) is 0 Å². The molecule has 6 heteroatoms. The van der Waals surface area contributed by atoms with Crippen molar-refractivity contribution in [3.63, 3.8) is 0 Å². The van der Waals surface area contributed by atoms with Gasteiger partial charge in [-0.2, -0.15) is 0 Å². The Hall–Kier alpha value is -1.59. The maximum Gasteiger partial charge on any atom is 0.307 e. The summed E-state index contributed by atoms with van der Waals surface area (Å²) in [4.78, 5) is 10.1. The van der Waals surface area contributed by atoms with Crippen LogP contribution in [0.15, 0.2) is 6.07 Å². The van der Waals surface area contributed by atoms with Gasteiger partial charge in [0, 0.05) is 5.56 Å². The van der Waals surface area contributed by atoms with Gasteiger partial charge in [-0.3, -0.25) is 4.79 Å². The average Bonchev–Trinajstić information content (AvgIpc) is 2.10. The molecule has 1 aromatic rings. The molecule has 0 radical (unpaired) electrons. The summed E-state index contributed by atoms with van der Waals surface area (Å²) in [6.45, 7) is 0. The Morgan fingerprint density at radius 1 is 1.14 bits per heavy atom. The van der Waals surface area contributed by atoms with Gasteiger partial charge in [-0.1, -0.05) is 0 Å². The van der Waals surface area contributed by atoms with Crippen LogP contribution in [-0.2, 0) is 11.2 Å². The molecule has 0 bridgehead atoms. The Morgan fingerprint density at radius 2 is 1.71 bits per heavy atom. The highest BCUT2D eigenvalue weighted by atomic mass is 19.2. The number of benzene rings is 1. The SMILES string of the molecule is O=C(O)Cc1cc(F)c(F)c(F)c1F. The Bertz CT molecular complexity index is 389. The second-order valence-corrected chi connectivity index (χ2v) is 2.53. The van der Waals surface area contributed by atoms with Gasteiger partial charge < -0.3 is 5.11 Å². The predicted octanol–water partition coefficient (Wildman–Crippen LogP) is 1.87. The van der Waals surface area contributed by atoms with Gasteiger partial charge in [0.25, 0.3) is 0 Å². The van der Waals surface area contributed by atoms with Crippen LogP contribution in [0.4, 0.5) is 17.6 Å². The average molecular weight is 208 g/mol. The summed E-state index contributed by atoms with van der Waals surface area (Å²) in [5.41, 5.74) is -0.728. The maximum atomic E-state index is 12.8. The first-order chi connectivity index (χ1) is 6.43. The van der Waals surface area contributed by atoms with Gasteiger partial charge in [0.15, 0.2) is 23.3 Å². The molecule has 1 N–H and O–H groups in total. The first-order valence-corrected chi connectivity index (χ1v) is 3.47. The number of hydrogen-bond acceptors (Lipinski definition) is 1. The summed E-state index contributed by atoms with van der Waals surface area (Å²) in [7, 11) is 0. The van der Waals surface area contributed by atoms with Crippen LogP contribution >= 0.6 is 0 Å². The van der Waals surface area contributed by atoms with Crippen LogP contribution in [0.25, 0.3) is 0 Å². The van der Waals surface area contributed by atoms with Crippen molar-refractivity contribution in [1.29, 1.82) is 0 Å². The van der Waals surface area contributed by atoms with Gasteiger partial charge in [0.05, 0.1) is 6.42 Å². The van der Waals surface area contributed by atoms with E-state index in [2.05, 4.69) is 0 Å². The summed E-state index contributed by atoms with van der Waals surface area (Å²) < 4.78 is 50.1. The van der Waals surface area contributed by atoms with E-state index in [1.807, 2.05) is 0 Å². The molecule has 0 aliphatic heterocycles. The van der Waals surface area contributed by atoms with E-state index in [0.29, 0.717) is 6.07 Å². The molecule has 2 nitrogen and oxygen atoms in total. The quantitative estimate of drug-likeness (QED) is 0.457.